The predicted molar refractivity (Wildman–Crippen MR) is 77.4 cm³/mol. The number of aromatic amines is 1. The summed E-state index contributed by atoms with van der Waals surface area (Å²) in [5.41, 5.74) is 0. The lowest BCUT2D eigenvalue weighted by Crippen LogP contribution is -2.05. The Morgan fingerprint density at radius 2 is 2.28 bits per heavy atom. The van der Waals surface area contributed by atoms with E-state index < -0.39 is 0 Å². The van der Waals surface area contributed by atoms with E-state index in [9.17, 15) is 0 Å². The molecule has 2 aromatic rings. The first-order chi connectivity index (χ1) is 8.61. The topological polar surface area (TPSA) is 46.5 Å². The zero-order chi connectivity index (χ0) is 13.1. The monoisotopic (exact) mass is 282 g/mol. The minimum absolute atomic E-state index is 0.538. The number of rotatable bonds is 5. The molecule has 0 spiro atoms. The van der Waals surface area contributed by atoms with Crippen LogP contribution in [0.3, 0.4) is 0 Å². The van der Waals surface area contributed by atoms with Gasteiger partial charge in [0, 0.05) is 12.7 Å². The van der Waals surface area contributed by atoms with Gasteiger partial charge in [-0.1, -0.05) is 20.8 Å². The average Bonchev–Trinajstić information content (AvgIpc) is 2.88. The van der Waals surface area contributed by atoms with Crippen molar-refractivity contribution in [3.05, 3.63) is 16.0 Å². The van der Waals surface area contributed by atoms with Crippen molar-refractivity contribution in [1.29, 1.82) is 0 Å². The summed E-state index contributed by atoms with van der Waals surface area (Å²) in [6.07, 6.45) is 4.04. The smallest absolute Gasteiger partial charge is 0.195 e. The Morgan fingerprint density at radius 1 is 1.50 bits per heavy atom. The number of thiazole rings is 1. The lowest BCUT2D eigenvalue weighted by molar-refractivity contribution is 0.522. The lowest BCUT2D eigenvalue weighted by Gasteiger charge is -2.07. The summed E-state index contributed by atoms with van der Waals surface area (Å²) in [6, 6.07) is 0. The molecule has 0 aliphatic rings. The summed E-state index contributed by atoms with van der Waals surface area (Å²) in [4.78, 5) is 5.52. The van der Waals surface area contributed by atoms with E-state index >= 15 is 0 Å². The largest absolute Gasteiger partial charge is 0.299 e. The minimum atomic E-state index is 0.538. The van der Waals surface area contributed by atoms with Gasteiger partial charge in [-0.25, -0.2) is 4.98 Å². The fourth-order valence-corrected chi connectivity index (χ4v) is 3.01. The highest BCUT2D eigenvalue weighted by atomic mass is 32.1. The van der Waals surface area contributed by atoms with Gasteiger partial charge in [0.1, 0.15) is 0 Å². The standard InChI is InChI=1S/C12H18N4S2/c1-4-5-10-13-6-9(18-10)11-14-15-12(17)16(11)7-8(2)3/h6,8H,4-5,7H2,1-3H3,(H,15,17). The molecule has 4 nitrogen and oxygen atoms in total. The summed E-state index contributed by atoms with van der Waals surface area (Å²) < 4.78 is 2.74. The van der Waals surface area contributed by atoms with E-state index in [0.29, 0.717) is 10.7 Å². The van der Waals surface area contributed by atoms with Crippen molar-refractivity contribution in [2.45, 2.75) is 40.2 Å². The van der Waals surface area contributed by atoms with E-state index in [0.717, 1.165) is 35.1 Å². The molecule has 0 saturated heterocycles. The highest BCUT2D eigenvalue weighted by Crippen LogP contribution is 2.25. The third-order valence-corrected chi connectivity index (χ3v) is 3.91. The van der Waals surface area contributed by atoms with E-state index in [1.165, 1.54) is 0 Å². The Balaban J connectivity index is 2.34. The minimum Gasteiger partial charge on any atom is -0.299 e. The highest BCUT2D eigenvalue weighted by molar-refractivity contribution is 7.71. The first-order valence-corrected chi connectivity index (χ1v) is 7.44. The van der Waals surface area contributed by atoms with Crippen molar-refractivity contribution in [2.24, 2.45) is 5.92 Å². The molecule has 1 N–H and O–H groups in total. The van der Waals surface area contributed by atoms with Gasteiger partial charge >= 0.3 is 0 Å². The van der Waals surface area contributed by atoms with Crippen molar-refractivity contribution >= 4 is 23.6 Å². The Bertz CT molecular complexity index is 565. The summed E-state index contributed by atoms with van der Waals surface area (Å²) in [5, 5.41) is 8.37. The van der Waals surface area contributed by atoms with Crippen molar-refractivity contribution in [2.75, 3.05) is 0 Å². The Labute approximate surface area is 116 Å². The van der Waals surface area contributed by atoms with E-state index in [-0.39, 0.29) is 0 Å². The van der Waals surface area contributed by atoms with Gasteiger partial charge in [-0.2, -0.15) is 5.10 Å². The molecular formula is C12H18N4S2. The number of nitrogens with zero attached hydrogens (tertiary/aromatic N) is 3. The number of aryl methyl sites for hydroxylation is 1. The van der Waals surface area contributed by atoms with Gasteiger partial charge in [-0.05, 0) is 31.0 Å². The molecule has 6 heteroatoms. The molecule has 0 aliphatic heterocycles. The van der Waals surface area contributed by atoms with Gasteiger partial charge in [-0.3, -0.25) is 9.67 Å². The third-order valence-electron chi connectivity index (χ3n) is 2.54. The van der Waals surface area contributed by atoms with Crippen molar-refractivity contribution in [3.63, 3.8) is 0 Å². The normalized spacial score (nSPS) is 11.3. The second-order valence-corrected chi connectivity index (χ2v) is 6.23. The zero-order valence-electron chi connectivity index (χ0n) is 10.9. The van der Waals surface area contributed by atoms with Crippen LogP contribution in [0.1, 0.15) is 32.2 Å². The number of nitrogens with one attached hydrogen (secondary N) is 1. The van der Waals surface area contributed by atoms with Crippen molar-refractivity contribution < 1.29 is 0 Å². The molecule has 18 heavy (non-hydrogen) atoms. The Morgan fingerprint density at radius 3 is 2.94 bits per heavy atom. The molecule has 0 amide bonds. The maximum Gasteiger partial charge on any atom is 0.195 e. The van der Waals surface area contributed by atoms with Crippen LogP contribution in [0.4, 0.5) is 0 Å². The van der Waals surface area contributed by atoms with Gasteiger partial charge < -0.3 is 0 Å². The van der Waals surface area contributed by atoms with E-state index in [2.05, 4.69) is 40.5 Å². The predicted octanol–water partition coefficient (Wildman–Crippen LogP) is 3.67. The van der Waals surface area contributed by atoms with Gasteiger partial charge in [0.25, 0.3) is 0 Å². The first kappa shape index (κ1) is 13.4. The van der Waals surface area contributed by atoms with Crippen LogP contribution in [-0.4, -0.2) is 19.7 Å². The quantitative estimate of drug-likeness (QED) is 0.851. The van der Waals surface area contributed by atoms with E-state index in [4.69, 9.17) is 12.2 Å². The molecular weight excluding hydrogens is 264 g/mol. The Hall–Kier alpha value is -1.01. The molecule has 98 valence electrons. The molecule has 2 rings (SSSR count). The maximum absolute atomic E-state index is 5.28. The molecule has 0 aromatic carbocycles. The van der Waals surface area contributed by atoms with E-state index in [1.807, 2.05) is 6.20 Å². The molecule has 0 atom stereocenters. The van der Waals surface area contributed by atoms with Crippen LogP contribution in [0.25, 0.3) is 10.7 Å². The summed E-state index contributed by atoms with van der Waals surface area (Å²) in [5.74, 6) is 1.45. The van der Waals surface area contributed by atoms with Crippen molar-refractivity contribution in [3.8, 4) is 10.7 Å². The maximum atomic E-state index is 5.28. The lowest BCUT2D eigenvalue weighted by atomic mass is 10.2. The van der Waals surface area contributed by atoms with Crippen LogP contribution >= 0.6 is 23.6 Å². The fraction of sp³-hybridized carbons (Fsp3) is 0.583. The fourth-order valence-electron chi connectivity index (χ4n) is 1.78. The van der Waals surface area contributed by atoms with Gasteiger partial charge in [0.15, 0.2) is 10.6 Å². The zero-order valence-corrected chi connectivity index (χ0v) is 12.6. The summed E-state index contributed by atoms with van der Waals surface area (Å²) in [7, 11) is 0. The van der Waals surface area contributed by atoms with Gasteiger partial charge in [0.05, 0.1) is 9.88 Å². The number of H-pyrrole nitrogens is 1. The molecule has 0 radical (unpaired) electrons. The third kappa shape index (κ3) is 2.87. The Kier molecular flexibility index (Phi) is 4.29. The highest BCUT2D eigenvalue weighted by Gasteiger charge is 2.13. The molecule has 0 fully saturated rings. The molecule has 0 saturated carbocycles. The van der Waals surface area contributed by atoms with Crippen LogP contribution in [0.15, 0.2) is 6.20 Å². The molecule has 0 aliphatic carbocycles. The van der Waals surface area contributed by atoms with Crippen LogP contribution in [-0.2, 0) is 13.0 Å². The van der Waals surface area contributed by atoms with Crippen LogP contribution < -0.4 is 0 Å². The molecule has 2 aromatic heterocycles. The van der Waals surface area contributed by atoms with Gasteiger partial charge in [0.2, 0.25) is 0 Å². The van der Waals surface area contributed by atoms with Gasteiger partial charge in [-0.15, -0.1) is 11.3 Å². The average molecular weight is 282 g/mol. The molecule has 0 bridgehead atoms. The second-order valence-electron chi connectivity index (χ2n) is 4.73. The van der Waals surface area contributed by atoms with E-state index in [1.54, 1.807) is 11.3 Å². The van der Waals surface area contributed by atoms with Crippen molar-refractivity contribution in [1.82, 2.24) is 19.7 Å². The first-order valence-electron chi connectivity index (χ1n) is 6.22. The second kappa shape index (κ2) is 5.75. The number of hydrogen-bond donors (Lipinski definition) is 1. The molecule has 2 heterocycles. The molecule has 0 unspecified atom stereocenters. The number of aromatic nitrogens is 4. The summed E-state index contributed by atoms with van der Waals surface area (Å²) in [6.45, 7) is 7.39. The van der Waals surface area contributed by atoms with Crippen LogP contribution in [0.5, 0.6) is 0 Å². The summed E-state index contributed by atoms with van der Waals surface area (Å²) >= 11 is 6.98. The van der Waals surface area contributed by atoms with Crippen LogP contribution in [0.2, 0.25) is 0 Å². The number of hydrogen-bond acceptors (Lipinski definition) is 4. The SMILES string of the molecule is CCCc1ncc(-c2n[nH]c(=S)n2CC(C)C)s1. The van der Waals surface area contributed by atoms with Crippen LogP contribution in [0, 0.1) is 10.7 Å².